The average molecular weight is 291 g/mol. The average Bonchev–Trinajstić information content (AvgIpc) is 2.86. The van der Waals surface area contributed by atoms with Crippen molar-refractivity contribution in [3.63, 3.8) is 0 Å². The van der Waals surface area contributed by atoms with Crippen molar-refractivity contribution in [3.8, 4) is 11.3 Å². The van der Waals surface area contributed by atoms with Crippen LogP contribution in [-0.4, -0.2) is 9.91 Å². The van der Waals surface area contributed by atoms with Crippen LogP contribution < -0.4 is 5.73 Å². The molecule has 0 aliphatic rings. The van der Waals surface area contributed by atoms with E-state index in [0.29, 0.717) is 0 Å². The maximum absolute atomic E-state index is 10.6. The summed E-state index contributed by atoms with van der Waals surface area (Å²) >= 11 is 1.52. The van der Waals surface area contributed by atoms with Crippen molar-refractivity contribution in [2.45, 2.75) is 26.8 Å². The Morgan fingerprint density at radius 3 is 2.40 bits per heavy atom. The molecule has 6 heteroatoms. The molecule has 106 valence electrons. The first kappa shape index (κ1) is 14.6. The number of benzene rings is 1. The third-order valence-corrected chi connectivity index (χ3v) is 4.02. The summed E-state index contributed by atoms with van der Waals surface area (Å²) < 4.78 is 0. The Hall–Kier alpha value is -1.79. The molecule has 2 aromatic rings. The highest BCUT2D eigenvalue weighted by atomic mass is 32.1. The van der Waals surface area contributed by atoms with Gasteiger partial charge in [-0.25, -0.2) is 4.98 Å². The van der Waals surface area contributed by atoms with E-state index < -0.39 is 4.92 Å². The number of nitrogens with two attached hydrogens (primary N) is 1. The molecule has 20 heavy (non-hydrogen) atoms. The SMILES string of the molecule is CC(C)(C)C(N)c1nc(-c2ccc([N+](=O)[O-])cc2)cs1. The summed E-state index contributed by atoms with van der Waals surface area (Å²) in [6.07, 6.45) is 0. The Labute approximate surface area is 121 Å². The largest absolute Gasteiger partial charge is 0.322 e. The van der Waals surface area contributed by atoms with Gasteiger partial charge in [-0.15, -0.1) is 11.3 Å². The molecule has 0 aliphatic heterocycles. The summed E-state index contributed by atoms with van der Waals surface area (Å²) in [5.41, 5.74) is 7.88. The van der Waals surface area contributed by atoms with E-state index in [9.17, 15) is 10.1 Å². The molecule has 0 spiro atoms. The summed E-state index contributed by atoms with van der Waals surface area (Å²) in [6.45, 7) is 6.22. The Kier molecular flexibility index (Phi) is 3.87. The number of aromatic nitrogens is 1. The van der Waals surface area contributed by atoms with E-state index in [4.69, 9.17) is 5.73 Å². The van der Waals surface area contributed by atoms with Crippen LogP contribution >= 0.6 is 11.3 Å². The lowest BCUT2D eigenvalue weighted by atomic mass is 9.88. The highest BCUT2D eigenvalue weighted by molar-refractivity contribution is 7.10. The Balaban J connectivity index is 2.27. The predicted octanol–water partition coefficient (Wildman–Crippen LogP) is 3.76. The number of non-ortho nitro benzene ring substituents is 1. The molecule has 0 fully saturated rings. The Morgan fingerprint density at radius 2 is 1.90 bits per heavy atom. The molecule has 1 unspecified atom stereocenters. The molecule has 1 heterocycles. The molecule has 0 saturated carbocycles. The second-order valence-corrected chi connectivity index (χ2v) is 6.61. The van der Waals surface area contributed by atoms with Gasteiger partial charge in [0.2, 0.25) is 0 Å². The molecule has 5 nitrogen and oxygen atoms in total. The summed E-state index contributed by atoms with van der Waals surface area (Å²) in [5, 5.41) is 13.4. The zero-order chi connectivity index (χ0) is 14.9. The van der Waals surface area contributed by atoms with Crippen molar-refractivity contribution in [2.75, 3.05) is 0 Å². The van der Waals surface area contributed by atoms with Gasteiger partial charge in [0.25, 0.3) is 5.69 Å². The molecule has 1 aromatic heterocycles. The quantitative estimate of drug-likeness (QED) is 0.689. The topological polar surface area (TPSA) is 82.0 Å². The van der Waals surface area contributed by atoms with Crippen LogP contribution in [0.15, 0.2) is 29.6 Å². The minimum absolute atomic E-state index is 0.0510. The van der Waals surface area contributed by atoms with Gasteiger partial charge >= 0.3 is 0 Å². The molecular weight excluding hydrogens is 274 g/mol. The van der Waals surface area contributed by atoms with Crippen molar-refractivity contribution in [2.24, 2.45) is 11.1 Å². The molecule has 0 aliphatic carbocycles. The highest BCUT2D eigenvalue weighted by Gasteiger charge is 2.25. The first-order chi connectivity index (χ1) is 9.29. The molecule has 1 aromatic carbocycles. The van der Waals surface area contributed by atoms with Crippen LogP contribution in [-0.2, 0) is 0 Å². The highest BCUT2D eigenvalue weighted by Crippen LogP contribution is 2.34. The molecule has 0 saturated heterocycles. The van der Waals surface area contributed by atoms with E-state index in [2.05, 4.69) is 25.8 Å². The minimum Gasteiger partial charge on any atom is -0.322 e. The molecular formula is C14H17N3O2S. The first-order valence-electron chi connectivity index (χ1n) is 6.25. The minimum atomic E-state index is -0.411. The van der Waals surface area contributed by atoms with Crippen molar-refractivity contribution in [3.05, 3.63) is 44.8 Å². The van der Waals surface area contributed by atoms with Crippen LogP contribution in [0, 0.1) is 15.5 Å². The van der Waals surface area contributed by atoms with Crippen molar-refractivity contribution in [1.82, 2.24) is 4.98 Å². The summed E-state index contributed by atoms with van der Waals surface area (Å²) in [5.74, 6) is 0. The number of hydrogen-bond acceptors (Lipinski definition) is 5. The second kappa shape index (κ2) is 5.30. The van der Waals surface area contributed by atoms with Gasteiger partial charge in [0.1, 0.15) is 5.01 Å². The maximum Gasteiger partial charge on any atom is 0.269 e. The van der Waals surface area contributed by atoms with E-state index >= 15 is 0 Å². The lowest BCUT2D eigenvalue weighted by Crippen LogP contribution is -2.26. The van der Waals surface area contributed by atoms with E-state index in [0.717, 1.165) is 16.3 Å². The number of hydrogen-bond donors (Lipinski definition) is 1. The number of nitrogens with zero attached hydrogens (tertiary/aromatic N) is 2. The molecule has 0 amide bonds. The lowest BCUT2D eigenvalue weighted by Gasteiger charge is -2.24. The van der Waals surface area contributed by atoms with Crippen LogP contribution in [0.5, 0.6) is 0 Å². The van der Waals surface area contributed by atoms with Gasteiger partial charge in [-0.1, -0.05) is 20.8 Å². The lowest BCUT2D eigenvalue weighted by molar-refractivity contribution is -0.384. The summed E-state index contributed by atoms with van der Waals surface area (Å²) in [7, 11) is 0. The van der Waals surface area contributed by atoms with Crippen LogP contribution in [0.1, 0.15) is 31.8 Å². The Morgan fingerprint density at radius 1 is 1.30 bits per heavy atom. The van der Waals surface area contributed by atoms with Gasteiger partial charge in [-0.3, -0.25) is 10.1 Å². The van der Waals surface area contributed by atoms with Crippen molar-refractivity contribution in [1.29, 1.82) is 0 Å². The van der Waals surface area contributed by atoms with Gasteiger partial charge in [-0.2, -0.15) is 0 Å². The van der Waals surface area contributed by atoms with Crippen LogP contribution in [0.3, 0.4) is 0 Å². The fraction of sp³-hybridized carbons (Fsp3) is 0.357. The van der Waals surface area contributed by atoms with Crippen LogP contribution in [0.4, 0.5) is 5.69 Å². The predicted molar refractivity (Wildman–Crippen MR) is 80.6 cm³/mol. The molecule has 2 rings (SSSR count). The van der Waals surface area contributed by atoms with Gasteiger partial charge in [0.15, 0.2) is 0 Å². The zero-order valence-electron chi connectivity index (χ0n) is 11.7. The Bertz CT molecular complexity index is 614. The summed E-state index contributed by atoms with van der Waals surface area (Å²) in [6, 6.07) is 6.26. The van der Waals surface area contributed by atoms with E-state index in [1.807, 2.05) is 5.38 Å². The van der Waals surface area contributed by atoms with E-state index in [1.165, 1.54) is 23.5 Å². The second-order valence-electron chi connectivity index (χ2n) is 5.72. The van der Waals surface area contributed by atoms with Gasteiger partial charge < -0.3 is 5.73 Å². The number of nitro benzene ring substituents is 1. The van der Waals surface area contributed by atoms with Crippen LogP contribution in [0.2, 0.25) is 0 Å². The normalized spacial score (nSPS) is 13.2. The standard InChI is InChI=1S/C14H17N3O2S/c1-14(2,3)12(15)13-16-11(8-20-13)9-4-6-10(7-5-9)17(18)19/h4-8,12H,15H2,1-3H3. The molecule has 0 radical (unpaired) electrons. The third-order valence-electron chi connectivity index (χ3n) is 3.09. The van der Waals surface area contributed by atoms with Gasteiger partial charge in [-0.05, 0) is 17.5 Å². The number of rotatable bonds is 3. The van der Waals surface area contributed by atoms with E-state index in [1.54, 1.807) is 12.1 Å². The fourth-order valence-electron chi connectivity index (χ4n) is 1.69. The molecule has 0 bridgehead atoms. The third kappa shape index (κ3) is 3.02. The zero-order valence-corrected chi connectivity index (χ0v) is 12.5. The molecule has 1 atom stereocenters. The summed E-state index contributed by atoms with van der Waals surface area (Å²) in [4.78, 5) is 14.8. The van der Waals surface area contributed by atoms with Crippen LogP contribution in [0.25, 0.3) is 11.3 Å². The van der Waals surface area contributed by atoms with Gasteiger partial charge in [0.05, 0.1) is 16.7 Å². The van der Waals surface area contributed by atoms with Crippen molar-refractivity contribution >= 4 is 17.0 Å². The fourth-order valence-corrected chi connectivity index (χ4v) is 2.76. The van der Waals surface area contributed by atoms with E-state index in [-0.39, 0.29) is 17.1 Å². The first-order valence-corrected chi connectivity index (χ1v) is 7.13. The van der Waals surface area contributed by atoms with Crippen molar-refractivity contribution < 1.29 is 4.92 Å². The number of thiazole rings is 1. The smallest absolute Gasteiger partial charge is 0.269 e. The maximum atomic E-state index is 10.6. The monoisotopic (exact) mass is 291 g/mol. The van der Waals surface area contributed by atoms with Gasteiger partial charge in [0, 0.05) is 23.1 Å². The molecule has 2 N–H and O–H groups in total. The number of nitro groups is 1.